The van der Waals surface area contributed by atoms with Gasteiger partial charge in [-0.3, -0.25) is 0 Å². The Morgan fingerprint density at radius 3 is 2.80 bits per heavy atom. The quantitative estimate of drug-likeness (QED) is 0.255. The first kappa shape index (κ1) is 9.80. The molecule has 0 fully saturated rings. The van der Waals surface area contributed by atoms with E-state index in [0.29, 0.717) is 13.1 Å². The molecule has 5 heteroatoms. The number of aliphatic hydroxyl groups excluding tert-OH is 2. The van der Waals surface area contributed by atoms with Gasteiger partial charge in [0.15, 0.2) is 0 Å². The molecule has 0 aromatic heterocycles. The van der Waals surface area contributed by atoms with Gasteiger partial charge >= 0.3 is 0 Å². The predicted molar refractivity (Wildman–Crippen MR) is 36.1 cm³/mol. The van der Waals surface area contributed by atoms with E-state index in [1.54, 1.807) is 0 Å². The summed E-state index contributed by atoms with van der Waals surface area (Å²) in [6.45, 7) is 1.04. The monoisotopic (exact) mass is 150 g/mol. The molecule has 0 aliphatic rings. The standard InChI is InChI=1S/C5H14N2O3/c6-10-4-5(9)3-7-1-2-8/h5,7-9H,1-4,6H2. The number of hydrogen-bond acceptors (Lipinski definition) is 5. The summed E-state index contributed by atoms with van der Waals surface area (Å²) in [7, 11) is 0. The number of aliphatic hydroxyl groups is 2. The van der Waals surface area contributed by atoms with Crippen molar-refractivity contribution in [3.63, 3.8) is 0 Å². The summed E-state index contributed by atoms with van der Waals surface area (Å²) in [4.78, 5) is 4.18. The Morgan fingerprint density at radius 1 is 1.60 bits per heavy atom. The highest BCUT2D eigenvalue weighted by molar-refractivity contribution is 4.56. The molecule has 0 bridgehead atoms. The molecule has 1 unspecified atom stereocenters. The summed E-state index contributed by atoms with van der Waals surface area (Å²) < 4.78 is 0. The lowest BCUT2D eigenvalue weighted by Gasteiger charge is -2.08. The third-order valence-electron chi connectivity index (χ3n) is 0.957. The molecule has 0 amide bonds. The zero-order valence-corrected chi connectivity index (χ0v) is 5.79. The van der Waals surface area contributed by atoms with Crippen molar-refractivity contribution in [3.05, 3.63) is 0 Å². The van der Waals surface area contributed by atoms with Gasteiger partial charge in [0.25, 0.3) is 0 Å². The number of nitrogens with one attached hydrogen (secondary N) is 1. The first-order valence-corrected chi connectivity index (χ1v) is 3.12. The van der Waals surface area contributed by atoms with E-state index in [-0.39, 0.29) is 13.2 Å². The Bertz CT molecular complexity index is 71.9. The SMILES string of the molecule is NOCC(O)CNCCO. The normalized spacial score (nSPS) is 13.5. The average molecular weight is 150 g/mol. The lowest BCUT2D eigenvalue weighted by Crippen LogP contribution is -2.32. The van der Waals surface area contributed by atoms with Gasteiger partial charge in [-0.2, -0.15) is 0 Å². The Labute approximate surface area is 59.7 Å². The smallest absolute Gasteiger partial charge is 0.0951 e. The minimum absolute atomic E-state index is 0.0657. The van der Waals surface area contributed by atoms with Crippen molar-refractivity contribution in [3.8, 4) is 0 Å². The van der Waals surface area contributed by atoms with E-state index < -0.39 is 6.10 Å². The van der Waals surface area contributed by atoms with Crippen LogP contribution in [0.3, 0.4) is 0 Å². The van der Waals surface area contributed by atoms with Crippen molar-refractivity contribution < 1.29 is 15.1 Å². The van der Waals surface area contributed by atoms with Crippen LogP contribution in [0.5, 0.6) is 0 Å². The summed E-state index contributed by atoms with van der Waals surface area (Å²) >= 11 is 0. The highest BCUT2D eigenvalue weighted by Crippen LogP contribution is 1.77. The minimum atomic E-state index is -0.600. The third-order valence-corrected chi connectivity index (χ3v) is 0.957. The van der Waals surface area contributed by atoms with Crippen molar-refractivity contribution >= 4 is 0 Å². The van der Waals surface area contributed by atoms with Crippen LogP contribution in [-0.2, 0) is 4.84 Å². The molecule has 10 heavy (non-hydrogen) atoms. The minimum Gasteiger partial charge on any atom is -0.395 e. The Kier molecular flexibility index (Phi) is 6.78. The van der Waals surface area contributed by atoms with Gasteiger partial charge < -0.3 is 20.4 Å². The molecule has 5 N–H and O–H groups in total. The van der Waals surface area contributed by atoms with E-state index in [9.17, 15) is 0 Å². The first-order chi connectivity index (χ1) is 4.81. The van der Waals surface area contributed by atoms with Crippen molar-refractivity contribution in [1.29, 1.82) is 0 Å². The predicted octanol–water partition coefficient (Wildman–Crippen LogP) is -2.18. The van der Waals surface area contributed by atoms with E-state index >= 15 is 0 Å². The highest BCUT2D eigenvalue weighted by Gasteiger charge is 2.00. The van der Waals surface area contributed by atoms with Crippen LogP contribution >= 0.6 is 0 Å². The average Bonchev–Trinajstić information content (AvgIpc) is 1.89. The van der Waals surface area contributed by atoms with E-state index in [1.165, 1.54) is 0 Å². The fraction of sp³-hybridized carbons (Fsp3) is 1.00. The molecule has 0 aromatic carbocycles. The first-order valence-electron chi connectivity index (χ1n) is 3.12. The Morgan fingerprint density at radius 2 is 2.30 bits per heavy atom. The molecule has 0 rings (SSSR count). The van der Waals surface area contributed by atoms with Crippen molar-refractivity contribution in [2.45, 2.75) is 6.10 Å². The molecular weight excluding hydrogens is 136 g/mol. The molecule has 0 spiro atoms. The molecule has 5 nitrogen and oxygen atoms in total. The molecule has 0 aliphatic heterocycles. The molecule has 62 valence electrons. The number of nitrogens with two attached hydrogens (primary N) is 1. The molecule has 0 radical (unpaired) electrons. The van der Waals surface area contributed by atoms with Crippen molar-refractivity contribution in [1.82, 2.24) is 5.32 Å². The topological polar surface area (TPSA) is 87.7 Å². The van der Waals surface area contributed by atoms with Gasteiger partial charge in [0.1, 0.15) is 0 Å². The maximum atomic E-state index is 8.93. The fourth-order valence-electron chi connectivity index (χ4n) is 0.518. The van der Waals surface area contributed by atoms with Gasteiger partial charge in [-0.05, 0) is 0 Å². The summed E-state index contributed by atoms with van der Waals surface area (Å²) in [6, 6.07) is 0. The lowest BCUT2D eigenvalue weighted by molar-refractivity contribution is 0.0365. The van der Waals surface area contributed by atoms with Crippen LogP contribution in [0.2, 0.25) is 0 Å². The van der Waals surface area contributed by atoms with Crippen LogP contribution < -0.4 is 11.2 Å². The van der Waals surface area contributed by atoms with Gasteiger partial charge in [0.05, 0.1) is 19.3 Å². The summed E-state index contributed by atoms with van der Waals surface area (Å²) in [5.74, 6) is 4.70. The molecular formula is C5H14N2O3. The molecule has 0 saturated carbocycles. The van der Waals surface area contributed by atoms with Crippen LogP contribution in [-0.4, -0.2) is 42.6 Å². The van der Waals surface area contributed by atoms with Gasteiger partial charge in [0.2, 0.25) is 0 Å². The Balaban J connectivity index is 2.97. The van der Waals surface area contributed by atoms with Crippen LogP contribution in [0.15, 0.2) is 0 Å². The maximum Gasteiger partial charge on any atom is 0.0951 e. The fourth-order valence-corrected chi connectivity index (χ4v) is 0.518. The molecule has 0 aromatic rings. The van der Waals surface area contributed by atoms with Crippen LogP contribution in [0.25, 0.3) is 0 Å². The number of hydrogen-bond donors (Lipinski definition) is 4. The molecule has 1 atom stereocenters. The van der Waals surface area contributed by atoms with E-state index in [1.807, 2.05) is 0 Å². The molecule has 0 saturated heterocycles. The second kappa shape index (κ2) is 6.91. The second-order valence-corrected chi connectivity index (χ2v) is 1.91. The summed E-state index contributed by atoms with van der Waals surface area (Å²) in [6.07, 6.45) is -0.600. The van der Waals surface area contributed by atoms with E-state index in [2.05, 4.69) is 10.2 Å². The summed E-state index contributed by atoms with van der Waals surface area (Å²) in [5, 5.41) is 20.0. The van der Waals surface area contributed by atoms with E-state index in [0.717, 1.165) is 0 Å². The van der Waals surface area contributed by atoms with E-state index in [4.69, 9.17) is 16.1 Å². The van der Waals surface area contributed by atoms with Gasteiger partial charge in [-0.15, -0.1) is 0 Å². The highest BCUT2D eigenvalue weighted by atomic mass is 16.6. The van der Waals surface area contributed by atoms with Crippen LogP contribution in [0.4, 0.5) is 0 Å². The van der Waals surface area contributed by atoms with Gasteiger partial charge in [-0.25, -0.2) is 5.90 Å². The maximum absolute atomic E-state index is 8.93. The summed E-state index contributed by atoms with van der Waals surface area (Å²) in [5.41, 5.74) is 0. The zero-order valence-electron chi connectivity index (χ0n) is 5.79. The number of rotatable bonds is 6. The van der Waals surface area contributed by atoms with Gasteiger partial charge in [0, 0.05) is 13.1 Å². The molecule has 0 aliphatic carbocycles. The Hall–Kier alpha value is -0.200. The van der Waals surface area contributed by atoms with Crippen LogP contribution in [0, 0.1) is 0 Å². The zero-order chi connectivity index (χ0) is 7.82. The molecule has 0 heterocycles. The second-order valence-electron chi connectivity index (χ2n) is 1.91. The largest absolute Gasteiger partial charge is 0.395 e. The lowest BCUT2D eigenvalue weighted by atomic mass is 10.4. The van der Waals surface area contributed by atoms with Crippen LogP contribution in [0.1, 0.15) is 0 Å². The van der Waals surface area contributed by atoms with Gasteiger partial charge in [-0.1, -0.05) is 0 Å². The van der Waals surface area contributed by atoms with Crippen molar-refractivity contribution in [2.24, 2.45) is 5.90 Å². The third kappa shape index (κ3) is 5.93. The van der Waals surface area contributed by atoms with Crippen molar-refractivity contribution in [2.75, 3.05) is 26.3 Å².